The van der Waals surface area contributed by atoms with Crippen LogP contribution in [-0.4, -0.2) is 85.6 Å². The van der Waals surface area contributed by atoms with Crippen LogP contribution in [0.3, 0.4) is 0 Å². The molecule has 0 spiro atoms. The molecular weight excluding hydrogens is 566 g/mol. The van der Waals surface area contributed by atoms with Crippen LogP contribution in [0.2, 0.25) is 0 Å². The van der Waals surface area contributed by atoms with Crippen molar-refractivity contribution in [2.75, 3.05) is 68.8 Å². The van der Waals surface area contributed by atoms with E-state index >= 15 is 0 Å². The number of amides is 2. The minimum atomic E-state index is -0.245. The maximum Gasteiger partial charge on any atom is 0.251 e. The van der Waals surface area contributed by atoms with Gasteiger partial charge in [-0.1, -0.05) is 24.3 Å². The Morgan fingerprint density at radius 1 is 0.727 bits per heavy atom. The molecule has 11 nitrogen and oxygen atoms in total. The predicted octanol–water partition coefficient (Wildman–Crippen LogP) is 3.89. The SMILES string of the molecule is COc1cc(C(=O)NCCCN2CCc3ccccc3C2CNC(=O)c2cc(OC)c(OC)c(OC)c2)cc(OC)c1OC. The van der Waals surface area contributed by atoms with Gasteiger partial charge >= 0.3 is 0 Å². The summed E-state index contributed by atoms with van der Waals surface area (Å²) in [6.07, 6.45) is 1.63. The molecule has 0 saturated heterocycles. The number of hydrogen-bond donors (Lipinski definition) is 2. The van der Waals surface area contributed by atoms with E-state index in [4.69, 9.17) is 28.4 Å². The number of hydrogen-bond acceptors (Lipinski definition) is 9. The van der Waals surface area contributed by atoms with Crippen molar-refractivity contribution in [1.82, 2.24) is 15.5 Å². The van der Waals surface area contributed by atoms with E-state index in [2.05, 4.69) is 27.7 Å². The first-order valence-electron chi connectivity index (χ1n) is 14.4. The quantitative estimate of drug-likeness (QED) is 0.263. The molecular formula is C33H41N3O8. The molecule has 0 radical (unpaired) electrons. The second kappa shape index (κ2) is 15.2. The molecule has 236 valence electrons. The van der Waals surface area contributed by atoms with Crippen molar-refractivity contribution in [3.8, 4) is 34.5 Å². The number of nitrogens with one attached hydrogen (secondary N) is 2. The van der Waals surface area contributed by atoms with Crippen LogP contribution in [0.25, 0.3) is 0 Å². The Balaban J connectivity index is 1.41. The van der Waals surface area contributed by atoms with Gasteiger partial charge in [-0.3, -0.25) is 14.5 Å². The maximum atomic E-state index is 13.3. The third-order valence-electron chi connectivity index (χ3n) is 7.74. The Hall–Kier alpha value is -4.64. The fourth-order valence-electron chi connectivity index (χ4n) is 5.51. The van der Waals surface area contributed by atoms with Crippen LogP contribution in [-0.2, 0) is 6.42 Å². The molecule has 0 saturated carbocycles. The summed E-state index contributed by atoms with van der Waals surface area (Å²) in [5.74, 6) is 2.04. The number of rotatable bonds is 14. The van der Waals surface area contributed by atoms with Crippen LogP contribution in [0, 0.1) is 0 Å². The minimum absolute atomic E-state index is 0.0308. The molecule has 3 aromatic rings. The third-order valence-corrected chi connectivity index (χ3v) is 7.74. The molecule has 1 aliphatic heterocycles. The average Bonchev–Trinajstić information content (AvgIpc) is 3.07. The number of methoxy groups -OCH3 is 6. The molecule has 3 aromatic carbocycles. The Labute approximate surface area is 258 Å². The van der Waals surface area contributed by atoms with Gasteiger partial charge in [-0.05, 0) is 48.2 Å². The van der Waals surface area contributed by atoms with E-state index in [1.807, 2.05) is 12.1 Å². The Kier molecular flexibility index (Phi) is 11.1. The monoisotopic (exact) mass is 607 g/mol. The number of nitrogens with zero attached hydrogens (tertiary/aromatic N) is 1. The second-order valence-corrected chi connectivity index (χ2v) is 10.1. The summed E-state index contributed by atoms with van der Waals surface area (Å²) < 4.78 is 32.3. The van der Waals surface area contributed by atoms with E-state index in [1.165, 1.54) is 53.8 Å². The van der Waals surface area contributed by atoms with Gasteiger partial charge in [0, 0.05) is 37.3 Å². The molecule has 4 rings (SSSR count). The maximum absolute atomic E-state index is 13.3. The highest BCUT2D eigenvalue weighted by atomic mass is 16.5. The predicted molar refractivity (Wildman–Crippen MR) is 166 cm³/mol. The summed E-state index contributed by atoms with van der Waals surface area (Å²) in [5.41, 5.74) is 3.28. The smallest absolute Gasteiger partial charge is 0.251 e. The van der Waals surface area contributed by atoms with Crippen molar-refractivity contribution >= 4 is 11.8 Å². The van der Waals surface area contributed by atoms with Gasteiger partial charge in [0.05, 0.1) is 48.7 Å². The number of ether oxygens (including phenoxy) is 6. The van der Waals surface area contributed by atoms with Gasteiger partial charge in [0.1, 0.15) is 0 Å². The van der Waals surface area contributed by atoms with Crippen LogP contribution in [0.1, 0.15) is 44.3 Å². The highest BCUT2D eigenvalue weighted by molar-refractivity contribution is 5.96. The molecule has 2 amide bonds. The largest absolute Gasteiger partial charge is 0.493 e. The molecule has 0 aromatic heterocycles. The van der Waals surface area contributed by atoms with Crippen LogP contribution in [0.4, 0.5) is 0 Å². The Bertz CT molecular complexity index is 1410. The molecule has 1 heterocycles. The zero-order valence-corrected chi connectivity index (χ0v) is 26.2. The molecule has 1 unspecified atom stereocenters. The number of fused-ring (bicyclic) bond motifs is 1. The molecule has 44 heavy (non-hydrogen) atoms. The lowest BCUT2D eigenvalue weighted by Gasteiger charge is -2.37. The molecule has 2 N–H and O–H groups in total. The van der Waals surface area contributed by atoms with E-state index < -0.39 is 0 Å². The first-order valence-corrected chi connectivity index (χ1v) is 14.4. The zero-order chi connectivity index (χ0) is 31.6. The van der Waals surface area contributed by atoms with Gasteiger partial charge in [-0.25, -0.2) is 0 Å². The van der Waals surface area contributed by atoms with Crippen LogP contribution in [0.5, 0.6) is 34.5 Å². The van der Waals surface area contributed by atoms with Crippen LogP contribution >= 0.6 is 0 Å². The Morgan fingerprint density at radius 3 is 1.73 bits per heavy atom. The molecule has 11 heteroatoms. The molecule has 1 atom stereocenters. The van der Waals surface area contributed by atoms with Crippen molar-refractivity contribution in [3.63, 3.8) is 0 Å². The van der Waals surface area contributed by atoms with Gasteiger partial charge in [0.25, 0.3) is 11.8 Å². The molecule has 0 aliphatic carbocycles. The summed E-state index contributed by atoms with van der Waals surface area (Å²) in [4.78, 5) is 28.6. The lowest BCUT2D eigenvalue weighted by Crippen LogP contribution is -2.43. The van der Waals surface area contributed by atoms with Crippen LogP contribution in [0.15, 0.2) is 48.5 Å². The van der Waals surface area contributed by atoms with Gasteiger partial charge in [-0.15, -0.1) is 0 Å². The van der Waals surface area contributed by atoms with E-state index in [0.29, 0.717) is 58.7 Å². The van der Waals surface area contributed by atoms with Crippen molar-refractivity contribution in [1.29, 1.82) is 0 Å². The second-order valence-electron chi connectivity index (χ2n) is 10.1. The lowest BCUT2D eigenvalue weighted by molar-refractivity contribution is 0.0917. The van der Waals surface area contributed by atoms with Gasteiger partial charge < -0.3 is 39.1 Å². The zero-order valence-electron chi connectivity index (χ0n) is 26.2. The van der Waals surface area contributed by atoms with Gasteiger partial charge in [0.15, 0.2) is 23.0 Å². The molecule has 0 bridgehead atoms. The summed E-state index contributed by atoms with van der Waals surface area (Å²) in [5, 5.41) is 6.10. The molecule has 1 aliphatic rings. The standard InChI is InChI=1S/C33H41N3O8/c1-39-26-16-22(17-27(40-2)30(26)43-5)32(37)34-13-9-14-36-15-12-21-10-7-8-11-24(21)25(36)20-35-33(38)23-18-28(41-3)31(44-6)29(19-23)42-4/h7-8,10-11,16-19,25H,9,12-15,20H2,1-6H3,(H,34,37)(H,35,38). The summed E-state index contributed by atoms with van der Waals surface area (Å²) in [6, 6.07) is 14.8. The van der Waals surface area contributed by atoms with E-state index in [1.54, 1.807) is 24.3 Å². The third kappa shape index (κ3) is 7.11. The Morgan fingerprint density at radius 2 is 1.23 bits per heavy atom. The summed E-state index contributed by atoms with van der Waals surface area (Å²) in [6.45, 7) is 2.44. The fourth-order valence-corrected chi connectivity index (χ4v) is 5.51. The number of benzene rings is 3. The van der Waals surface area contributed by atoms with Crippen molar-refractivity contribution in [2.24, 2.45) is 0 Å². The fraction of sp³-hybridized carbons (Fsp3) is 0.394. The first-order chi connectivity index (χ1) is 21.4. The number of carbonyl (C=O) groups excluding carboxylic acids is 2. The topological polar surface area (TPSA) is 117 Å². The van der Waals surface area contributed by atoms with Gasteiger partial charge in [-0.2, -0.15) is 0 Å². The lowest BCUT2D eigenvalue weighted by atomic mass is 9.92. The van der Waals surface area contributed by atoms with E-state index in [0.717, 1.165) is 25.9 Å². The first kappa shape index (κ1) is 32.3. The van der Waals surface area contributed by atoms with Crippen molar-refractivity contribution in [3.05, 3.63) is 70.8 Å². The minimum Gasteiger partial charge on any atom is -0.493 e. The molecule has 0 fully saturated rings. The van der Waals surface area contributed by atoms with Crippen LogP contribution < -0.4 is 39.1 Å². The van der Waals surface area contributed by atoms with E-state index in [9.17, 15) is 9.59 Å². The van der Waals surface area contributed by atoms with Crippen molar-refractivity contribution in [2.45, 2.75) is 18.9 Å². The number of carbonyl (C=O) groups is 2. The average molecular weight is 608 g/mol. The normalized spacial score (nSPS) is 14.2. The summed E-state index contributed by atoms with van der Waals surface area (Å²) >= 11 is 0. The van der Waals surface area contributed by atoms with E-state index in [-0.39, 0.29) is 17.9 Å². The van der Waals surface area contributed by atoms with Gasteiger partial charge in [0.2, 0.25) is 11.5 Å². The highest BCUT2D eigenvalue weighted by Crippen LogP contribution is 2.39. The summed E-state index contributed by atoms with van der Waals surface area (Å²) in [7, 11) is 9.10. The van der Waals surface area contributed by atoms with Crippen molar-refractivity contribution < 1.29 is 38.0 Å². The highest BCUT2D eigenvalue weighted by Gasteiger charge is 2.28.